The highest BCUT2D eigenvalue weighted by molar-refractivity contribution is 6.31. The van der Waals surface area contributed by atoms with Gasteiger partial charge in [-0.15, -0.1) is 0 Å². The lowest BCUT2D eigenvalue weighted by Gasteiger charge is -2.24. The van der Waals surface area contributed by atoms with E-state index in [1.165, 1.54) is 16.8 Å². The first-order chi connectivity index (χ1) is 9.38. The fourth-order valence-corrected chi connectivity index (χ4v) is 2.13. The van der Waals surface area contributed by atoms with Crippen LogP contribution in [0.25, 0.3) is 6.08 Å². The summed E-state index contributed by atoms with van der Waals surface area (Å²) in [4.78, 5) is 35.5. The van der Waals surface area contributed by atoms with Gasteiger partial charge in [-0.3, -0.25) is 24.4 Å². The Morgan fingerprint density at radius 3 is 2.45 bits per heavy atom. The van der Waals surface area contributed by atoms with Crippen LogP contribution in [0.1, 0.15) is 11.3 Å². The molecule has 1 aromatic heterocycles. The number of carbonyl (C=O) groups is 3. The van der Waals surface area contributed by atoms with Crippen molar-refractivity contribution in [1.29, 1.82) is 0 Å². The van der Waals surface area contributed by atoms with Crippen LogP contribution in [0.4, 0.5) is 0 Å². The molecule has 1 aliphatic heterocycles. The molecule has 20 heavy (non-hydrogen) atoms. The molecule has 0 radical (unpaired) electrons. The van der Waals surface area contributed by atoms with Crippen LogP contribution >= 0.6 is 11.6 Å². The Hall–Kier alpha value is -2.15. The van der Waals surface area contributed by atoms with Gasteiger partial charge in [0.2, 0.25) is 17.7 Å². The number of hydrogen-bond donors (Lipinski definition) is 1. The molecule has 8 heteroatoms. The Morgan fingerprint density at radius 2 is 1.95 bits per heavy atom. The highest BCUT2D eigenvalue weighted by Gasteiger charge is 2.25. The van der Waals surface area contributed by atoms with Gasteiger partial charge in [0, 0.05) is 18.7 Å². The minimum Gasteiger partial charge on any atom is -0.321 e. The standard InChI is InChI=1S/C12H13ClN4O3/c1-7-8(12(13)16(2)15-7)3-4-11(20)17-5-9(18)14-10(19)6-17/h3-4H,5-6H2,1-2H3,(H,14,18,19). The van der Waals surface area contributed by atoms with E-state index in [2.05, 4.69) is 10.4 Å². The maximum Gasteiger partial charge on any atom is 0.247 e. The Balaban J connectivity index is 2.13. The lowest BCUT2D eigenvalue weighted by atomic mass is 10.2. The van der Waals surface area contributed by atoms with Crippen LogP contribution in [0.5, 0.6) is 0 Å². The molecule has 0 spiro atoms. The van der Waals surface area contributed by atoms with Crippen LogP contribution in [0.3, 0.4) is 0 Å². The third-order valence-corrected chi connectivity index (χ3v) is 3.30. The first-order valence-corrected chi connectivity index (χ1v) is 6.25. The molecule has 3 amide bonds. The first kappa shape index (κ1) is 14.3. The number of piperazine rings is 1. The van der Waals surface area contributed by atoms with Crippen molar-refractivity contribution in [3.05, 3.63) is 22.5 Å². The summed E-state index contributed by atoms with van der Waals surface area (Å²) in [5.74, 6) is -1.40. The van der Waals surface area contributed by atoms with E-state index in [1.54, 1.807) is 14.0 Å². The molecule has 0 atom stereocenters. The number of aromatic nitrogens is 2. The van der Waals surface area contributed by atoms with E-state index in [0.29, 0.717) is 16.4 Å². The first-order valence-electron chi connectivity index (χ1n) is 5.87. The summed E-state index contributed by atoms with van der Waals surface area (Å²) >= 11 is 6.04. The van der Waals surface area contributed by atoms with Gasteiger partial charge >= 0.3 is 0 Å². The topological polar surface area (TPSA) is 84.3 Å². The van der Waals surface area contributed by atoms with Crippen LogP contribution in [-0.4, -0.2) is 45.5 Å². The highest BCUT2D eigenvalue weighted by atomic mass is 35.5. The molecular weight excluding hydrogens is 284 g/mol. The van der Waals surface area contributed by atoms with Crippen molar-refractivity contribution >= 4 is 35.4 Å². The van der Waals surface area contributed by atoms with Crippen molar-refractivity contribution in [2.75, 3.05) is 13.1 Å². The van der Waals surface area contributed by atoms with Gasteiger partial charge in [-0.25, -0.2) is 0 Å². The van der Waals surface area contributed by atoms with Gasteiger partial charge in [0.05, 0.1) is 5.69 Å². The van der Waals surface area contributed by atoms with E-state index in [4.69, 9.17) is 11.6 Å². The molecule has 0 bridgehead atoms. The zero-order valence-corrected chi connectivity index (χ0v) is 11.8. The average Bonchev–Trinajstić information content (AvgIpc) is 2.60. The predicted molar refractivity (Wildman–Crippen MR) is 71.7 cm³/mol. The van der Waals surface area contributed by atoms with Crippen molar-refractivity contribution in [3.63, 3.8) is 0 Å². The van der Waals surface area contributed by atoms with Crippen molar-refractivity contribution in [2.45, 2.75) is 6.92 Å². The second-order valence-electron chi connectivity index (χ2n) is 4.41. The van der Waals surface area contributed by atoms with Gasteiger partial charge in [-0.05, 0) is 13.0 Å². The van der Waals surface area contributed by atoms with E-state index in [9.17, 15) is 14.4 Å². The summed E-state index contributed by atoms with van der Waals surface area (Å²) in [6, 6.07) is 0. The molecule has 2 rings (SSSR count). The summed E-state index contributed by atoms with van der Waals surface area (Å²) in [5, 5.41) is 6.66. The highest BCUT2D eigenvalue weighted by Crippen LogP contribution is 2.20. The summed E-state index contributed by atoms with van der Waals surface area (Å²) in [7, 11) is 1.70. The number of nitrogens with zero attached hydrogens (tertiary/aromatic N) is 3. The number of carbonyl (C=O) groups excluding carboxylic acids is 3. The second-order valence-corrected chi connectivity index (χ2v) is 4.77. The largest absolute Gasteiger partial charge is 0.321 e. The molecule has 1 N–H and O–H groups in total. The van der Waals surface area contributed by atoms with Gasteiger partial charge in [-0.2, -0.15) is 5.10 Å². The molecule has 0 saturated carbocycles. The molecule has 0 aliphatic carbocycles. The van der Waals surface area contributed by atoms with Crippen LogP contribution in [0.15, 0.2) is 6.08 Å². The molecule has 0 unspecified atom stereocenters. The number of rotatable bonds is 2. The Morgan fingerprint density at radius 1 is 1.35 bits per heavy atom. The Kier molecular flexibility index (Phi) is 3.89. The minimum atomic E-state index is -0.487. The van der Waals surface area contributed by atoms with Crippen LogP contribution in [0, 0.1) is 6.92 Å². The number of hydrogen-bond acceptors (Lipinski definition) is 4. The SMILES string of the molecule is Cc1nn(C)c(Cl)c1C=CC(=O)N1CC(=O)NC(=O)C1. The van der Waals surface area contributed by atoms with E-state index in [0.717, 1.165) is 4.90 Å². The summed E-state index contributed by atoms with van der Waals surface area (Å²) in [5.41, 5.74) is 1.32. The quantitative estimate of drug-likeness (QED) is 0.609. The zero-order chi connectivity index (χ0) is 14.9. The van der Waals surface area contributed by atoms with E-state index >= 15 is 0 Å². The summed E-state index contributed by atoms with van der Waals surface area (Å²) in [6.07, 6.45) is 2.81. The third-order valence-electron chi connectivity index (χ3n) is 2.85. The zero-order valence-electron chi connectivity index (χ0n) is 11.0. The maximum absolute atomic E-state index is 11.9. The lowest BCUT2D eigenvalue weighted by Crippen LogP contribution is -2.52. The van der Waals surface area contributed by atoms with Crippen LogP contribution < -0.4 is 5.32 Å². The second kappa shape index (κ2) is 5.46. The molecule has 0 aromatic carbocycles. The molecule has 106 valence electrons. The normalized spacial score (nSPS) is 15.8. The molecule has 1 aliphatic rings. The number of halogens is 1. The number of aryl methyl sites for hydroxylation is 2. The molecule has 1 saturated heterocycles. The van der Waals surface area contributed by atoms with E-state index in [-0.39, 0.29) is 13.1 Å². The Labute approximate surface area is 120 Å². The molecule has 1 fully saturated rings. The predicted octanol–water partition coefficient (Wildman–Crippen LogP) is -0.120. The van der Waals surface area contributed by atoms with Gasteiger partial charge in [0.25, 0.3) is 0 Å². The molecular formula is C12H13ClN4O3. The smallest absolute Gasteiger partial charge is 0.247 e. The number of imide groups is 1. The van der Waals surface area contributed by atoms with Gasteiger partial charge in [-0.1, -0.05) is 11.6 Å². The monoisotopic (exact) mass is 296 g/mol. The van der Waals surface area contributed by atoms with E-state index < -0.39 is 17.7 Å². The van der Waals surface area contributed by atoms with Crippen LogP contribution in [-0.2, 0) is 21.4 Å². The van der Waals surface area contributed by atoms with Crippen molar-refractivity contribution in [2.24, 2.45) is 7.05 Å². The van der Waals surface area contributed by atoms with Crippen molar-refractivity contribution in [1.82, 2.24) is 20.0 Å². The van der Waals surface area contributed by atoms with Crippen LogP contribution in [0.2, 0.25) is 5.15 Å². The summed E-state index contributed by atoms with van der Waals surface area (Å²) < 4.78 is 1.50. The minimum absolute atomic E-state index is 0.130. The van der Waals surface area contributed by atoms with Crippen molar-refractivity contribution < 1.29 is 14.4 Å². The number of nitrogens with one attached hydrogen (secondary N) is 1. The molecule has 7 nitrogen and oxygen atoms in total. The van der Waals surface area contributed by atoms with Gasteiger partial charge in [0.1, 0.15) is 18.2 Å². The lowest BCUT2D eigenvalue weighted by molar-refractivity contribution is -0.143. The third kappa shape index (κ3) is 2.88. The molecule has 2 heterocycles. The van der Waals surface area contributed by atoms with Gasteiger partial charge < -0.3 is 4.90 Å². The fraction of sp³-hybridized carbons (Fsp3) is 0.333. The molecule has 1 aromatic rings. The van der Waals surface area contributed by atoms with Crippen molar-refractivity contribution in [3.8, 4) is 0 Å². The number of amides is 3. The maximum atomic E-state index is 11.9. The Bertz CT molecular complexity index is 604. The summed E-state index contributed by atoms with van der Waals surface area (Å²) in [6.45, 7) is 1.51. The average molecular weight is 297 g/mol. The van der Waals surface area contributed by atoms with Gasteiger partial charge in [0.15, 0.2) is 0 Å². The fourth-order valence-electron chi connectivity index (χ4n) is 1.89. The van der Waals surface area contributed by atoms with E-state index in [1.807, 2.05) is 0 Å².